The van der Waals surface area contributed by atoms with E-state index >= 15 is 0 Å². The minimum Gasteiger partial charge on any atom is -0.344 e. The molecule has 0 N–H and O–H groups in total. The molecule has 0 radical (unpaired) electrons. The SMILES string of the molecule is [CH2-]CC.[CH2-]CC.[Pt+2].c1ccc(P(CCP(c2ccccc2)c2ccccc2)c2ccccc2)cc1. The first-order valence-corrected chi connectivity index (χ1v) is 15.1. The second kappa shape index (κ2) is 19.6. The molecule has 186 valence electrons. The van der Waals surface area contributed by atoms with Crippen molar-refractivity contribution < 1.29 is 21.1 Å². The molecular formula is C32H38P2Pt. The van der Waals surface area contributed by atoms with Crippen molar-refractivity contribution in [3.8, 4) is 0 Å². The summed E-state index contributed by atoms with van der Waals surface area (Å²) >= 11 is 0. The number of hydrogen-bond donors (Lipinski definition) is 0. The van der Waals surface area contributed by atoms with Crippen LogP contribution in [0.4, 0.5) is 0 Å². The molecule has 4 aromatic rings. The van der Waals surface area contributed by atoms with E-state index in [0.29, 0.717) is 0 Å². The summed E-state index contributed by atoms with van der Waals surface area (Å²) in [7, 11) is -0.696. The van der Waals surface area contributed by atoms with E-state index in [1.54, 1.807) is 0 Å². The van der Waals surface area contributed by atoms with E-state index in [2.05, 4.69) is 135 Å². The molecule has 4 rings (SSSR count). The van der Waals surface area contributed by atoms with Crippen LogP contribution in [0.1, 0.15) is 26.7 Å². The van der Waals surface area contributed by atoms with Crippen molar-refractivity contribution in [3.05, 3.63) is 135 Å². The van der Waals surface area contributed by atoms with E-state index < -0.39 is 0 Å². The van der Waals surface area contributed by atoms with E-state index in [9.17, 15) is 0 Å². The molecule has 0 fully saturated rings. The Morgan fingerprint density at radius 3 is 0.771 bits per heavy atom. The van der Waals surface area contributed by atoms with Crippen LogP contribution in [0.5, 0.6) is 0 Å². The second-order valence-corrected chi connectivity index (χ2v) is 12.3. The van der Waals surface area contributed by atoms with Gasteiger partial charge in [0, 0.05) is 0 Å². The zero-order chi connectivity index (χ0) is 24.4. The molecule has 0 aliphatic carbocycles. The van der Waals surface area contributed by atoms with Crippen LogP contribution >= 0.6 is 15.8 Å². The van der Waals surface area contributed by atoms with Crippen LogP contribution < -0.4 is 21.2 Å². The first kappa shape index (κ1) is 31.5. The van der Waals surface area contributed by atoms with Gasteiger partial charge in [0.1, 0.15) is 0 Å². The van der Waals surface area contributed by atoms with Gasteiger partial charge in [-0.3, -0.25) is 0 Å². The summed E-state index contributed by atoms with van der Waals surface area (Å²) < 4.78 is 0. The third-order valence-corrected chi connectivity index (χ3v) is 10.2. The van der Waals surface area contributed by atoms with Gasteiger partial charge < -0.3 is 13.8 Å². The van der Waals surface area contributed by atoms with Crippen molar-refractivity contribution in [2.24, 2.45) is 0 Å². The van der Waals surface area contributed by atoms with Gasteiger partial charge in [-0.1, -0.05) is 135 Å². The fraction of sp³-hybridized carbons (Fsp3) is 0.188. The predicted molar refractivity (Wildman–Crippen MR) is 159 cm³/mol. The molecule has 0 unspecified atom stereocenters. The molecule has 0 nitrogen and oxygen atoms in total. The number of hydrogen-bond acceptors (Lipinski definition) is 0. The fourth-order valence-electron chi connectivity index (χ4n) is 3.45. The molecule has 0 bridgehead atoms. The third kappa shape index (κ3) is 11.4. The molecule has 0 saturated heterocycles. The summed E-state index contributed by atoms with van der Waals surface area (Å²) in [5.41, 5.74) is 0. The van der Waals surface area contributed by atoms with E-state index in [1.807, 2.05) is 13.8 Å². The Labute approximate surface area is 231 Å². The smallest absolute Gasteiger partial charge is 0.344 e. The number of rotatable bonds is 7. The van der Waals surface area contributed by atoms with Crippen LogP contribution in [0.2, 0.25) is 0 Å². The van der Waals surface area contributed by atoms with Crippen molar-refractivity contribution in [1.29, 1.82) is 0 Å². The molecule has 0 amide bonds. The summed E-state index contributed by atoms with van der Waals surface area (Å²) in [6, 6.07) is 44.2. The largest absolute Gasteiger partial charge is 2.00 e. The van der Waals surface area contributed by atoms with Gasteiger partial charge in [-0.2, -0.15) is 12.8 Å². The Morgan fingerprint density at radius 1 is 0.429 bits per heavy atom. The maximum Gasteiger partial charge on any atom is 2.00 e. The summed E-state index contributed by atoms with van der Waals surface area (Å²) in [6.45, 7) is 11.0. The van der Waals surface area contributed by atoms with Gasteiger partial charge in [-0.15, -0.1) is 0 Å². The Bertz CT molecular complexity index is 829. The standard InChI is InChI=1S/C26H24P2.2C3H7.Pt/c1-5-13-23(14-6-1)27(24-15-7-2-8-16-24)21-22-28(25-17-9-3-10-18-25)26-19-11-4-12-20-26;2*1-3-2;/h1-20H,21-22H2;2*1,3H2,2H3;/q;2*-1;+2. The molecule has 4 aromatic carbocycles. The van der Waals surface area contributed by atoms with E-state index in [-0.39, 0.29) is 36.9 Å². The monoisotopic (exact) mass is 679 g/mol. The Kier molecular flexibility index (Phi) is 17.6. The predicted octanol–water partition coefficient (Wildman–Crippen LogP) is 7.71. The van der Waals surface area contributed by atoms with E-state index in [4.69, 9.17) is 0 Å². The summed E-state index contributed by atoms with van der Waals surface area (Å²) in [6.07, 6.45) is 4.41. The number of benzene rings is 4. The van der Waals surface area contributed by atoms with Crippen LogP contribution in [0.3, 0.4) is 0 Å². The van der Waals surface area contributed by atoms with Crippen LogP contribution in [0.25, 0.3) is 0 Å². The van der Waals surface area contributed by atoms with Gasteiger partial charge in [0.15, 0.2) is 0 Å². The molecular weight excluding hydrogens is 641 g/mol. The minimum atomic E-state index is -0.348. The molecule has 0 spiro atoms. The van der Waals surface area contributed by atoms with Gasteiger partial charge >= 0.3 is 21.1 Å². The molecule has 3 heteroatoms. The quantitative estimate of drug-likeness (QED) is 0.139. The zero-order valence-electron chi connectivity index (χ0n) is 21.0. The average molecular weight is 680 g/mol. The second-order valence-electron chi connectivity index (χ2n) is 7.65. The van der Waals surface area contributed by atoms with Crippen LogP contribution in [-0.2, 0) is 21.1 Å². The van der Waals surface area contributed by atoms with Gasteiger partial charge in [0.05, 0.1) is 0 Å². The Balaban J connectivity index is 0.000000797. The fourth-order valence-corrected chi connectivity index (χ4v) is 8.80. The summed E-state index contributed by atoms with van der Waals surface area (Å²) in [5.74, 6) is 0. The van der Waals surface area contributed by atoms with Crippen molar-refractivity contribution in [2.45, 2.75) is 26.7 Å². The van der Waals surface area contributed by atoms with Gasteiger partial charge in [-0.05, 0) is 49.4 Å². The first-order chi connectivity index (χ1) is 16.7. The van der Waals surface area contributed by atoms with E-state index in [1.165, 1.54) is 33.5 Å². The van der Waals surface area contributed by atoms with Crippen molar-refractivity contribution in [3.63, 3.8) is 0 Å². The van der Waals surface area contributed by atoms with Crippen LogP contribution in [0, 0.1) is 13.8 Å². The topological polar surface area (TPSA) is 0 Å². The van der Waals surface area contributed by atoms with E-state index in [0.717, 1.165) is 12.8 Å². The minimum absolute atomic E-state index is 0. The van der Waals surface area contributed by atoms with Crippen molar-refractivity contribution in [1.82, 2.24) is 0 Å². The zero-order valence-corrected chi connectivity index (χ0v) is 25.1. The molecule has 0 aromatic heterocycles. The van der Waals surface area contributed by atoms with Crippen molar-refractivity contribution in [2.75, 3.05) is 12.3 Å². The first-order valence-electron chi connectivity index (χ1n) is 12.1. The average Bonchev–Trinajstić information content (AvgIpc) is 2.90. The third-order valence-electron chi connectivity index (χ3n) is 4.82. The van der Waals surface area contributed by atoms with Crippen molar-refractivity contribution >= 4 is 37.1 Å². The Hall–Kier alpha value is -1.57. The normalized spacial score (nSPS) is 9.89. The maximum atomic E-state index is 3.49. The molecule has 0 atom stereocenters. The van der Waals surface area contributed by atoms with Crippen LogP contribution in [-0.4, -0.2) is 12.3 Å². The molecule has 0 aliphatic rings. The van der Waals surface area contributed by atoms with Gasteiger partial charge in [0.25, 0.3) is 0 Å². The molecule has 0 heterocycles. The van der Waals surface area contributed by atoms with Gasteiger partial charge in [0.2, 0.25) is 0 Å². The molecule has 0 saturated carbocycles. The molecule has 0 aliphatic heterocycles. The van der Waals surface area contributed by atoms with Gasteiger partial charge in [-0.25, -0.2) is 0 Å². The maximum absolute atomic E-state index is 3.49. The van der Waals surface area contributed by atoms with Crippen LogP contribution in [0.15, 0.2) is 121 Å². The summed E-state index contributed by atoms with van der Waals surface area (Å²) in [5, 5.41) is 5.89. The Morgan fingerprint density at radius 2 is 0.600 bits per heavy atom. The summed E-state index contributed by atoms with van der Waals surface area (Å²) in [4.78, 5) is 0. The molecule has 35 heavy (non-hydrogen) atoms.